The molecule has 0 heterocycles. The average molecular weight is 351 g/mol. The number of carbonyl (C=O) groups is 1. The first kappa shape index (κ1) is 16.8. The Morgan fingerprint density at radius 1 is 1.30 bits per heavy atom. The van der Waals surface area contributed by atoms with E-state index in [1.165, 1.54) is 24.0 Å². The number of carbonyl (C=O) groups excluding carboxylic acids is 1. The topological polar surface area (TPSA) is 111 Å². The van der Waals surface area contributed by atoms with E-state index in [-0.39, 0.29) is 5.69 Å². The lowest BCUT2D eigenvalue weighted by Gasteiger charge is -2.04. The van der Waals surface area contributed by atoms with E-state index in [0.29, 0.717) is 15.5 Å². The van der Waals surface area contributed by atoms with Crippen molar-refractivity contribution in [3.63, 3.8) is 0 Å². The summed E-state index contributed by atoms with van der Waals surface area (Å²) in [6, 6.07) is 10.8. The van der Waals surface area contributed by atoms with Crippen LogP contribution >= 0.6 is 23.4 Å². The Morgan fingerprint density at radius 2 is 2.00 bits per heavy atom. The summed E-state index contributed by atoms with van der Waals surface area (Å²) >= 11 is 7.07. The zero-order valence-electron chi connectivity index (χ0n) is 11.6. The largest absolute Gasteiger partial charge is 0.350 e. The lowest BCUT2D eigenvalue weighted by molar-refractivity contribution is -0.387. The molecule has 0 aliphatic rings. The Kier molecular flexibility index (Phi) is 5.56. The van der Waals surface area contributed by atoms with Gasteiger partial charge in [0.05, 0.1) is 16.0 Å². The average Bonchev–Trinajstić information content (AvgIpc) is 2.50. The van der Waals surface area contributed by atoms with Crippen LogP contribution < -0.4 is 11.2 Å². The molecule has 7 nitrogen and oxygen atoms in total. The number of hydrazone groups is 1. The number of nitro benzene ring substituents is 1. The maximum atomic E-state index is 11.2. The summed E-state index contributed by atoms with van der Waals surface area (Å²) in [6.07, 6.45) is 1.27. The number of halogens is 1. The van der Waals surface area contributed by atoms with Gasteiger partial charge in [-0.15, -0.1) is 0 Å². The number of nitrogens with one attached hydrogen (secondary N) is 1. The van der Waals surface area contributed by atoms with Gasteiger partial charge < -0.3 is 5.73 Å². The first-order valence-electron chi connectivity index (χ1n) is 6.26. The Bertz CT molecular complexity index is 765. The van der Waals surface area contributed by atoms with E-state index in [1.54, 1.807) is 36.4 Å². The van der Waals surface area contributed by atoms with Crippen LogP contribution in [0.2, 0.25) is 5.02 Å². The molecule has 0 fully saturated rings. The van der Waals surface area contributed by atoms with Gasteiger partial charge in [-0.3, -0.25) is 10.1 Å². The normalized spacial score (nSPS) is 10.7. The van der Waals surface area contributed by atoms with E-state index in [2.05, 4.69) is 5.10 Å². The van der Waals surface area contributed by atoms with Crippen molar-refractivity contribution >= 4 is 41.3 Å². The number of primary amides is 1. The van der Waals surface area contributed by atoms with Crippen molar-refractivity contribution < 1.29 is 9.72 Å². The second-order valence-electron chi connectivity index (χ2n) is 4.27. The summed E-state index contributed by atoms with van der Waals surface area (Å²) in [7, 11) is 0. The van der Waals surface area contributed by atoms with Crippen LogP contribution in [-0.2, 0) is 0 Å². The highest BCUT2D eigenvalue weighted by atomic mass is 35.5. The molecule has 0 bridgehead atoms. The molecule has 2 amide bonds. The molecule has 0 atom stereocenters. The number of nitrogens with two attached hydrogens (primary N) is 1. The summed E-state index contributed by atoms with van der Waals surface area (Å²) in [4.78, 5) is 22.6. The van der Waals surface area contributed by atoms with Gasteiger partial charge in [-0.05, 0) is 30.3 Å². The minimum Gasteiger partial charge on any atom is -0.350 e. The molecule has 2 rings (SSSR count). The minimum absolute atomic E-state index is 0.0621. The lowest BCUT2D eigenvalue weighted by Crippen LogP contribution is -2.24. The third kappa shape index (κ3) is 4.97. The fourth-order valence-corrected chi connectivity index (χ4v) is 2.67. The van der Waals surface area contributed by atoms with Crippen LogP contribution in [0.4, 0.5) is 10.5 Å². The van der Waals surface area contributed by atoms with E-state index < -0.39 is 11.0 Å². The lowest BCUT2D eigenvalue weighted by atomic mass is 10.2. The van der Waals surface area contributed by atoms with Gasteiger partial charge in [-0.2, -0.15) is 5.10 Å². The number of amides is 2. The summed E-state index contributed by atoms with van der Waals surface area (Å²) in [5.74, 6) is 0. The molecular formula is C14H11ClN4O3S. The molecule has 9 heteroatoms. The number of urea groups is 1. The first-order chi connectivity index (χ1) is 11.0. The van der Waals surface area contributed by atoms with Gasteiger partial charge in [0.2, 0.25) is 0 Å². The molecule has 0 aliphatic carbocycles. The van der Waals surface area contributed by atoms with Gasteiger partial charge in [0.15, 0.2) is 0 Å². The Hall–Kier alpha value is -2.58. The van der Waals surface area contributed by atoms with Crippen LogP contribution in [0.1, 0.15) is 5.56 Å². The molecule has 3 N–H and O–H groups in total. The summed E-state index contributed by atoms with van der Waals surface area (Å²) in [5, 5.41) is 15.4. The fraction of sp³-hybridized carbons (Fsp3) is 0. The van der Waals surface area contributed by atoms with E-state index >= 15 is 0 Å². The molecule has 23 heavy (non-hydrogen) atoms. The van der Waals surface area contributed by atoms with Gasteiger partial charge in [0.25, 0.3) is 5.69 Å². The minimum atomic E-state index is -0.814. The van der Waals surface area contributed by atoms with E-state index in [4.69, 9.17) is 17.3 Å². The van der Waals surface area contributed by atoms with Crippen molar-refractivity contribution in [3.8, 4) is 0 Å². The zero-order valence-corrected chi connectivity index (χ0v) is 13.2. The van der Waals surface area contributed by atoms with Crippen LogP contribution in [0.25, 0.3) is 0 Å². The predicted molar refractivity (Wildman–Crippen MR) is 89.0 cm³/mol. The van der Waals surface area contributed by atoms with E-state index in [0.717, 1.165) is 4.90 Å². The second-order valence-corrected chi connectivity index (χ2v) is 5.83. The quantitative estimate of drug-likeness (QED) is 0.489. The van der Waals surface area contributed by atoms with Gasteiger partial charge in [0.1, 0.15) is 0 Å². The molecule has 2 aromatic carbocycles. The monoisotopic (exact) mass is 350 g/mol. The van der Waals surface area contributed by atoms with Gasteiger partial charge in [0, 0.05) is 21.5 Å². The van der Waals surface area contributed by atoms with Crippen molar-refractivity contribution in [2.45, 2.75) is 9.79 Å². The number of nitro groups is 1. The maximum absolute atomic E-state index is 11.2. The number of rotatable bonds is 5. The number of hydrogen-bond acceptors (Lipinski definition) is 5. The van der Waals surface area contributed by atoms with Gasteiger partial charge >= 0.3 is 6.03 Å². The second kappa shape index (κ2) is 7.61. The highest BCUT2D eigenvalue weighted by Crippen LogP contribution is 2.35. The zero-order chi connectivity index (χ0) is 16.8. The molecule has 0 aromatic heterocycles. The molecule has 0 unspecified atom stereocenters. The van der Waals surface area contributed by atoms with Crippen LogP contribution in [0.5, 0.6) is 0 Å². The summed E-state index contributed by atoms with van der Waals surface area (Å²) in [6.45, 7) is 0. The predicted octanol–water partition coefficient (Wildman–Crippen LogP) is 3.40. The number of benzene rings is 2. The van der Waals surface area contributed by atoms with Crippen molar-refractivity contribution in [2.75, 3.05) is 0 Å². The third-order valence-corrected chi connectivity index (χ3v) is 3.93. The Labute approximate surface area is 140 Å². The SMILES string of the molecule is NC(=O)N/N=C\c1ccc(Sc2ccc(Cl)cc2)c([N+](=O)[O-])c1. The molecule has 0 saturated carbocycles. The van der Waals surface area contributed by atoms with Crippen LogP contribution in [0.15, 0.2) is 57.4 Å². The van der Waals surface area contributed by atoms with Crippen LogP contribution in [-0.4, -0.2) is 17.2 Å². The fourth-order valence-electron chi connectivity index (χ4n) is 1.64. The standard InChI is InChI=1S/C14H11ClN4O3S/c15-10-2-4-11(5-3-10)23-13-6-1-9(7-12(13)19(21)22)8-17-18-14(16)20/h1-8H,(H3,16,18,20)/b17-8-. The highest BCUT2D eigenvalue weighted by Gasteiger charge is 2.15. The van der Waals surface area contributed by atoms with E-state index in [9.17, 15) is 14.9 Å². The molecule has 0 spiro atoms. The van der Waals surface area contributed by atoms with Crippen LogP contribution in [0.3, 0.4) is 0 Å². The molecule has 0 radical (unpaired) electrons. The number of hydrogen-bond donors (Lipinski definition) is 2. The van der Waals surface area contributed by atoms with Crippen LogP contribution in [0, 0.1) is 10.1 Å². The molecular weight excluding hydrogens is 340 g/mol. The van der Waals surface area contributed by atoms with Crippen molar-refractivity contribution in [1.29, 1.82) is 0 Å². The van der Waals surface area contributed by atoms with Crippen molar-refractivity contribution in [2.24, 2.45) is 10.8 Å². The first-order valence-corrected chi connectivity index (χ1v) is 7.45. The summed E-state index contributed by atoms with van der Waals surface area (Å²) in [5.41, 5.74) is 7.30. The molecule has 2 aromatic rings. The summed E-state index contributed by atoms with van der Waals surface area (Å²) < 4.78 is 0. The van der Waals surface area contributed by atoms with Gasteiger partial charge in [-0.25, -0.2) is 10.2 Å². The molecule has 118 valence electrons. The maximum Gasteiger partial charge on any atom is 0.332 e. The highest BCUT2D eigenvalue weighted by molar-refractivity contribution is 7.99. The Balaban J connectivity index is 2.25. The molecule has 0 aliphatic heterocycles. The molecule has 0 saturated heterocycles. The number of nitrogens with zero attached hydrogens (tertiary/aromatic N) is 2. The van der Waals surface area contributed by atoms with Crippen molar-refractivity contribution in [1.82, 2.24) is 5.43 Å². The van der Waals surface area contributed by atoms with Crippen molar-refractivity contribution in [3.05, 3.63) is 63.2 Å². The Morgan fingerprint density at radius 3 is 2.61 bits per heavy atom. The van der Waals surface area contributed by atoms with E-state index in [1.807, 2.05) is 5.43 Å². The third-order valence-electron chi connectivity index (χ3n) is 2.61. The van der Waals surface area contributed by atoms with Gasteiger partial charge in [-0.1, -0.05) is 29.4 Å². The smallest absolute Gasteiger partial charge is 0.332 e.